The van der Waals surface area contributed by atoms with Crippen molar-refractivity contribution in [3.63, 3.8) is 0 Å². The number of esters is 1. The second kappa shape index (κ2) is 5.51. The first-order valence-corrected chi connectivity index (χ1v) is 5.39. The summed E-state index contributed by atoms with van der Waals surface area (Å²) in [4.78, 5) is 18.1. The molecule has 0 saturated carbocycles. The summed E-state index contributed by atoms with van der Waals surface area (Å²) in [5, 5.41) is -0.386. The summed E-state index contributed by atoms with van der Waals surface area (Å²) >= 11 is 5.63. The van der Waals surface area contributed by atoms with Crippen molar-refractivity contribution < 1.29 is 22.7 Å². The molecule has 1 heterocycles. The number of ether oxygens (including phenoxy) is 1. The van der Waals surface area contributed by atoms with Gasteiger partial charge in [0.05, 0.1) is 13.0 Å². The molecule has 0 aliphatic heterocycles. The molecule has 0 aliphatic rings. The van der Waals surface area contributed by atoms with E-state index in [4.69, 9.17) is 11.6 Å². The molecule has 1 aromatic heterocycles. The predicted molar refractivity (Wildman–Crippen MR) is 57.1 cm³/mol. The summed E-state index contributed by atoms with van der Waals surface area (Å²) in [6, 6.07) is 0. The number of aromatic nitrogens is 2. The van der Waals surface area contributed by atoms with Crippen LogP contribution in [0, 0.1) is 6.92 Å². The third-order valence-corrected chi connectivity index (χ3v) is 2.28. The molecule has 0 saturated heterocycles. The van der Waals surface area contributed by atoms with Crippen LogP contribution in [0.2, 0.25) is 5.15 Å². The Bertz CT molecular complexity index is 463. The molecule has 0 amide bonds. The van der Waals surface area contributed by atoms with Gasteiger partial charge in [-0.2, -0.15) is 13.2 Å². The van der Waals surface area contributed by atoms with Crippen LogP contribution in [0.3, 0.4) is 0 Å². The molecule has 0 spiro atoms. The fourth-order valence-corrected chi connectivity index (χ4v) is 1.59. The molecule has 8 heteroatoms. The minimum Gasteiger partial charge on any atom is -0.466 e. The summed E-state index contributed by atoms with van der Waals surface area (Å²) in [5.41, 5.74) is -1.67. The van der Waals surface area contributed by atoms with Crippen molar-refractivity contribution in [1.82, 2.24) is 9.97 Å². The van der Waals surface area contributed by atoms with Crippen LogP contribution in [0.25, 0.3) is 0 Å². The van der Waals surface area contributed by atoms with Crippen LogP contribution >= 0.6 is 11.6 Å². The molecule has 18 heavy (non-hydrogen) atoms. The van der Waals surface area contributed by atoms with Gasteiger partial charge >= 0.3 is 12.1 Å². The molecule has 4 nitrogen and oxygen atoms in total. The molecule has 0 bridgehead atoms. The van der Waals surface area contributed by atoms with Gasteiger partial charge in [-0.05, 0) is 13.8 Å². The zero-order valence-electron chi connectivity index (χ0n) is 9.64. The Morgan fingerprint density at radius 3 is 2.50 bits per heavy atom. The van der Waals surface area contributed by atoms with E-state index in [1.165, 1.54) is 6.92 Å². The molecule has 0 aliphatic carbocycles. The standard InChI is InChI=1S/C10H10ClF3N2O2/c1-3-18-7(17)4-6-8(10(12,13)14)15-5(2)16-9(6)11/h3-4H2,1-2H3. The quantitative estimate of drug-likeness (QED) is 0.631. The minimum absolute atomic E-state index is 0.0739. The monoisotopic (exact) mass is 282 g/mol. The highest BCUT2D eigenvalue weighted by molar-refractivity contribution is 6.30. The lowest BCUT2D eigenvalue weighted by atomic mass is 10.1. The van der Waals surface area contributed by atoms with Crippen molar-refractivity contribution in [1.29, 1.82) is 0 Å². The van der Waals surface area contributed by atoms with Crippen LogP contribution in [-0.2, 0) is 22.1 Å². The number of nitrogens with zero attached hydrogens (tertiary/aromatic N) is 2. The van der Waals surface area contributed by atoms with Gasteiger partial charge in [-0.3, -0.25) is 4.79 Å². The smallest absolute Gasteiger partial charge is 0.433 e. The fourth-order valence-electron chi connectivity index (χ4n) is 1.31. The van der Waals surface area contributed by atoms with E-state index in [9.17, 15) is 18.0 Å². The maximum atomic E-state index is 12.7. The number of aryl methyl sites for hydroxylation is 1. The van der Waals surface area contributed by atoms with Crippen LogP contribution in [0.1, 0.15) is 24.0 Å². The van der Waals surface area contributed by atoms with E-state index in [1.54, 1.807) is 6.92 Å². The molecule has 1 rings (SSSR count). The number of alkyl halides is 3. The van der Waals surface area contributed by atoms with Gasteiger partial charge in [-0.25, -0.2) is 9.97 Å². The molecule has 0 radical (unpaired) electrons. The van der Waals surface area contributed by atoms with Crippen molar-refractivity contribution in [3.8, 4) is 0 Å². The normalized spacial score (nSPS) is 11.4. The Morgan fingerprint density at radius 2 is 2.00 bits per heavy atom. The molecule has 0 N–H and O–H groups in total. The van der Waals surface area contributed by atoms with Gasteiger partial charge in [0.2, 0.25) is 0 Å². The van der Waals surface area contributed by atoms with Gasteiger partial charge in [0.15, 0.2) is 5.69 Å². The maximum Gasteiger partial charge on any atom is 0.433 e. The van der Waals surface area contributed by atoms with E-state index in [1.807, 2.05) is 0 Å². The molecular weight excluding hydrogens is 273 g/mol. The zero-order valence-corrected chi connectivity index (χ0v) is 10.4. The Labute approximate surface area is 106 Å². The van der Waals surface area contributed by atoms with Gasteiger partial charge in [-0.15, -0.1) is 0 Å². The van der Waals surface area contributed by atoms with Crippen LogP contribution < -0.4 is 0 Å². The number of hydrogen-bond donors (Lipinski definition) is 0. The average molecular weight is 283 g/mol. The lowest BCUT2D eigenvalue weighted by Gasteiger charge is -2.13. The highest BCUT2D eigenvalue weighted by Gasteiger charge is 2.37. The first-order valence-electron chi connectivity index (χ1n) is 5.01. The second-order valence-electron chi connectivity index (χ2n) is 3.37. The van der Waals surface area contributed by atoms with Gasteiger partial charge in [0, 0.05) is 5.56 Å². The number of carbonyl (C=O) groups is 1. The van der Waals surface area contributed by atoms with Crippen molar-refractivity contribution in [2.24, 2.45) is 0 Å². The molecule has 0 aromatic carbocycles. The zero-order chi connectivity index (χ0) is 13.9. The van der Waals surface area contributed by atoms with Crippen LogP contribution in [0.15, 0.2) is 0 Å². The number of hydrogen-bond acceptors (Lipinski definition) is 4. The Kier molecular flexibility index (Phi) is 4.50. The molecular formula is C10H10ClF3N2O2. The summed E-state index contributed by atoms with van der Waals surface area (Å²) < 4.78 is 42.8. The molecule has 0 fully saturated rings. The number of carbonyl (C=O) groups excluding carboxylic acids is 1. The van der Waals surface area contributed by atoms with Gasteiger partial charge < -0.3 is 4.74 Å². The van der Waals surface area contributed by atoms with E-state index in [0.29, 0.717) is 0 Å². The Hall–Kier alpha value is -1.37. The van der Waals surface area contributed by atoms with E-state index >= 15 is 0 Å². The highest BCUT2D eigenvalue weighted by atomic mass is 35.5. The summed E-state index contributed by atoms with van der Waals surface area (Å²) in [5.74, 6) is -0.919. The minimum atomic E-state index is -4.70. The van der Waals surface area contributed by atoms with E-state index in [0.717, 1.165) is 0 Å². The average Bonchev–Trinajstić information content (AvgIpc) is 2.20. The summed E-state index contributed by atoms with van der Waals surface area (Å²) in [6.07, 6.45) is -5.30. The van der Waals surface area contributed by atoms with E-state index in [-0.39, 0.29) is 17.6 Å². The molecule has 0 atom stereocenters. The topological polar surface area (TPSA) is 52.1 Å². The lowest BCUT2D eigenvalue weighted by Crippen LogP contribution is -2.18. The second-order valence-corrected chi connectivity index (χ2v) is 3.73. The van der Waals surface area contributed by atoms with E-state index < -0.39 is 29.8 Å². The van der Waals surface area contributed by atoms with Crippen LogP contribution in [0.5, 0.6) is 0 Å². The molecule has 100 valence electrons. The van der Waals surface area contributed by atoms with Crippen LogP contribution in [-0.4, -0.2) is 22.5 Å². The summed E-state index contributed by atoms with van der Waals surface area (Å²) in [7, 11) is 0. The lowest BCUT2D eigenvalue weighted by molar-refractivity contribution is -0.144. The molecule has 0 unspecified atom stereocenters. The molecule has 1 aromatic rings. The van der Waals surface area contributed by atoms with Crippen molar-refractivity contribution >= 4 is 17.6 Å². The number of rotatable bonds is 3. The first kappa shape index (κ1) is 14.7. The van der Waals surface area contributed by atoms with Crippen molar-refractivity contribution in [3.05, 3.63) is 22.2 Å². The maximum absolute atomic E-state index is 12.7. The predicted octanol–water partition coefficient (Wildman–Crippen LogP) is 2.56. The number of halogens is 4. The third kappa shape index (κ3) is 3.56. The largest absolute Gasteiger partial charge is 0.466 e. The third-order valence-electron chi connectivity index (χ3n) is 1.96. The van der Waals surface area contributed by atoms with Gasteiger partial charge in [0.1, 0.15) is 11.0 Å². The van der Waals surface area contributed by atoms with Crippen molar-refractivity contribution in [2.75, 3.05) is 6.61 Å². The Balaban J connectivity index is 3.20. The first-order chi connectivity index (χ1) is 8.25. The van der Waals surface area contributed by atoms with Gasteiger partial charge in [0.25, 0.3) is 0 Å². The highest BCUT2D eigenvalue weighted by Crippen LogP contribution is 2.33. The fraction of sp³-hybridized carbons (Fsp3) is 0.500. The van der Waals surface area contributed by atoms with Crippen molar-refractivity contribution in [2.45, 2.75) is 26.4 Å². The van der Waals surface area contributed by atoms with Gasteiger partial charge in [-0.1, -0.05) is 11.6 Å². The summed E-state index contributed by atoms with van der Waals surface area (Å²) in [6.45, 7) is 2.91. The van der Waals surface area contributed by atoms with E-state index in [2.05, 4.69) is 14.7 Å². The SMILES string of the molecule is CCOC(=O)Cc1c(Cl)nc(C)nc1C(F)(F)F. The van der Waals surface area contributed by atoms with Crippen LogP contribution in [0.4, 0.5) is 13.2 Å². The Morgan fingerprint density at radius 1 is 1.39 bits per heavy atom.